The molecule has 0 amide bonds. The molecule has 0 radical (unpaired) electrons. The van der Waals surface area contributed by atoms with Crippen molar-refractivity contribution in [1.82, 2.24) is 0 Å². The van der Waals surface area contributed by atoms with Crippen LogP contribution in [0.5, 0.6) is 5.75 Å². The molecule has 2 heteroatoms. The fraction of sp³-hybridized carbons (Fsp3) is 0.120. The van der Waals surface area contributed by atoms with Crippen molar-refractivity contribution in [3.63, 3.8) is 0 Å². The van der Waals surface area contributed by atoms with Crippen LogP contribution >= 0.6 is 11.6 Å². The van der Waals surface area contributed by atoms with Gasteiger partial charge in [0.05, 0.1) is 0 Å². The summed E-state index contributed by atoms with van der Waals surface area (Å²) in [6.07, 6.45) is 0. The summed E-state index contributed by atoms with van der Waals surface area (Å²) in [5.41, 5.74) is 5.56. The van der Waals surface area contributed by atoms with E-state index in [0.29, 0.717) is 0 Å². The number of hydrogen-bond acceptors (Lipinski definition) is 1. The fourth-order valence-electron chi connectivity index (χ4n) is 4.08. The van der Waals surface area contributed by atoms with Crippen LogP contribution in [0.15, 0.2) is 78.9 Å². The van der Waals surface area contributed by atoms with Crippen LogP contribution in [0.25, 0.3) is 33.0 Å². The standard InChI is InChI=1S/C25H19ClO/c1-25(2)22-10-6-5-8-19(22)21-12-11-16(15-24(21)27-25)17-13-14-23(26)20-9-4-3-7-18(17)20/h3-15H,1-2H3. The summed E-state index contributed by atoms with van der Waals surface area (Å²) in [6, 6.07) is 27.3. The lowest BCUT2D eigenvalue weighted by Crippen LogP contribution is -2.29. The number of rotatable bonds is 1. The van der Waals surface area contributed by atoms with Crippen molar-refractivity contribution in [2.45, 2.75) is 19.4 Å². The molecule has 1 nitrogen and oxygen atoms in total. The highest BCUT2D eigenvalue weighted by atomic mass is 35.5. The Morgan fingerprint density at radius 3 is 2.26 bits per heavy atom. The Kier molecular flexibility index (Phi) is 3.57. The Bertz CT molecular complexity index is 1190. The zero-order chi connectivity index (χ0) is 18.6. The van der Waals surface area contributed by atoms with E-state index in [1.807, 2.05) is 12.1 Å². The van der Waals surface area contributed by atoms with Crippen molar-refractivity contribution in [1.29, 1.82) is 0 Å². The number of halogens is 1. The molecule has 0 atom stereocenters. The molecule has 0 saturated heterocycles. The molecule has 4 aromatic rings. The average molecular weight is 371 g/mol. The van der Waals surface area contributed by atoms with E-state index in [1.54, 1.807) is 0 Å². The van der Waals surface area contributed by atoms with Gasteiger partial charge in [-0.2, -0.15) is 0 Å². The molecular weight excluding hydrogens is 352 g/mol. The maximum Gasteiger partial charge on any atom is 0.129 e. The third-order valence-electron chi connectivity index (χ3n) is 5.39. The van der Waals surface area contributed by atoms with Crippen LogP contribution < -0.4 is 4.74 Å². The molecule has 1 aliphatic heterocycles. The minimum absolute atomic E-state index is 0.357. The molecule has 0 unspecified atom stereocenters. The average Bonchev–Trinajstić information content (AvgIpc) is 2.68. The van der Waals surface area contributed by atoms with Gasteiger partial charge >= 0.3 is 0 Å². The van der Waals surface area contributed by atoms with E-state index < -0.39 is 0 Å². The van der Waals surface area contributed by atoms with E-state index in [1.165, 1.54) is 11.1 Å². The number of hydrogen-bond donors (Lipinski definition) is 0. The SMILES string of the molecule is CC1(C)Oc2cc(-c3ccc(Cl)c4ccccc34)ccc2-c2ccccc21. The summed E-state index contributed by atoms with van der Waals surface area (Å²) in [7, 11) is 0. The lowest BCUT2D eigenvalue weighted by Gasteiger charge is -2.35. The van der Waals surface area contributed by atoms with Gasteiger partial charge in [0.2, 0.25) is 0 Å². The molecule has 27 heavy (non-hydrogen) atoms. The Hall–Kier alpha value is -2.77. The third-order valence-corrected chi connectivity index (χ3v) is 5.72. The molecule has 132 valence electrons. The molecule has 0 spiro atoms. The van der Waals surface area contributed by atoms with E-state index in [4.69, 9.17) is 16.3 Å². The first-order valence-electron chi connectivity index (χ1n) is 9.15. The van der Waals surface area contributed by atoms with Gasteiger partial charge in [0.15, 0.2) is 0 Å². The van der Waals surface area contributed by atoms with E-state index >= 15 is 0 Å². The second kappa shape index (κ2) is 5.87. The molecule has 0 saturated carbocycles. The molecule has 0 aromatic heterocycles. The topological polar surface area (TPSA) is 9.23 Å². The lowest BCUT2D eigenvalue weighted by molar-refractivity contribution is 0.106. The van der Waals surface area contributed by atoms with Crippen LogP contribution in [0.1, 0.15) is 19.4 Å². The normalized spacial score (nSPS) is 14.3. The van der Waals surface area contributed by atoms with Crippen molar-refractivity contribution < 1.29 is 4.74 Å². The maximum absolute atomic E-state index is 6.42. The summed E-state index contributed by atoms with van der Waals surface area (Å²) in [5, 5.41) is 3.00. The fourth-order valence-corrected chi connectivity index (χ4v) is 4.31. The summed E-state index contributed by atoms with van der Waals surface area (Å²) >= 11 is 6.40. The molecule has 0 aliphatic carbocycles. The first-order chi connectivity index (χ1) is 13.0. The molecule has 0 fully saturated rings. The van der Waals surface area contributed by atoms with Gasteiger partial charge in [0.1, 0.15) is 11.4 Å². The highest BCUT2D eigenvalue weighted by molar-refractivity contribution is 6.36. The summed E-state index contributed by atoms with van der Waals surface area (Å²) < 4.78 is 6.42. The van der Waals surface area contributed by atoms with Crippen LogP contribution in [-0.2, 0) is 5.60 Å². The van der Waals surface area contributed by atoms with Gasteiger partial charge in [-0.05, 0) is 48.1 Å². The molecule has 0 bridgehead atoms. The Morgan fingerprint density at radius 2 is 1.41 bits per heavy atom. The van der Waals surface area contributed by atoms with Crippen molar-refractivity contribution in [2.24, 2.45) is 0 Å². The van der Waals surface area contributed by atoms with Gasteiger partial charge in [0.25, 0.3) is 0 Å². The van der Waals surface area contributed by atoms with Gasteiger partial charge in [-0.3, -0.25) is 0 Å². The number of ether oxygens (including phenoxy) is 1. The van der Waals surface area contributed by atoms with Crippen molar-refractivity contribution >= 4 is 22.4 Å². The smallest absolute Gasteiger partial charge is 0.129 e. The largest absolute Gasteiger partial charge is 0.482 e. The van der Waals surface area contributed by atoms with Gasteiger partial charge in [0, 0.05) is 21.5 Å². The van der Waals surface area contributed by atoms with E-state index in [-0.39, 0.29) is 5.60 Å². The monoisotopic (exact) mass is 370 g/mol. The van der Waals surface area contributed by atoms with E-state index in [0.717, 1.165) is 38.2 Å². The van der Waals surface area contributed by atoms with Gasteiger partial charge < -0.3 is 4.74 Å². The zero-order valence-corrected chi connectivity index (χ0v) is 16.0. The number of fused-ring (bicyclic) bond motifs is 4. The number of benzene rings is 4. The Morgan fingerprint density at radius 1 is 0.704 bits per heavy atom. The lowest BCUT2D eigenvalue weighted by atomic mass is 9.85. The second-order valence-corrected chi connectivity index (χ2v) is 7.92. The van der Waals surface area contributed by atoms with Gasteiger partial charge in [-0.15, -0.1) is 0 Å². The molecule has 4 aromatic carbocycles. The van der Waals surface area contributed by atoms with E-state index in [9.17, 15) is 0 Å². The van der Waals surface area contributed by atoms with Crippen LogP contribution in [0, 0.1) is 0 Å². The Labute approximate surface area is 164 Å². The van der Waals surface area contributed by atoms with Crippen LogP contribution in [0.4, 0.5) is 0 Å². The highest BCUT2D eigenvalue weighted by Crippen LogP contribution is 2.46. The van der Waals surface area contributed by atoms with Crippen molar-refractivity contribution in [3.8, 4) is 28.0 Å². The summed E-state index contributed by atoms with van der Waals surface area (Å²) in [5.74, 6) is 0.926. The van der Waals surface area contributed by atoms with Crippen LogP contribution in [-0.4, -0.2) is 0 Å². The quantitative estimate of drug-likeness (QED) is 0.338. The van der Waals surface area contributed by atoms with Gasteiger partial charge in [-0.1, -0.05) is 78.3 Å². The predicted molar refractivity (Wildman–Crippen MR) is 113 cm³/mol. The maximum atomic E-state index is 6.42. The van der Waals surface area contributed by atoms with Crippen LogP contribution in [0.2, 0.25) is 5.02 Å². The molecule has 1 aliphatic rings. The molecular formula is C25H19ClO. The van der Waals surface area contributed by atoms with E-state index in [2.05, 4.69) is 80.6 Å². The highest BCUT2D eigenvalue weighted by Gasteiger charge is 2.32. The van der Waals surface area contributed by atoms with Crippen LogP contribution in [0.3, 0.4) is 0 Å². The minimum Gasteiger partial charge on any atom is -0.482 e. The predicted octanol–water partition coefficient (Wildman–Crippen LogP) is 7.45. The molecule has 0 N–H and O–H groups in total. The Balaban J connectivity index is 1.73. The van der Waals surface area contributed by atoms with Crippen molar-refractivity contribution in [2.75, 3.05) is 0 Å². The van der Waals surface area contributed by atoms with Gasteiger partial charge in [-0.25, -0.2) is 0 Å². The first-order valence-corrected chi connectivity index (χ1v) is 9.53. The zero-order valence-electron chi connectivity index (χ0n) is 15.3. The first kappa shape index (κ1) is 16.4. The van der Waals surface area contributed by atoms with Crippen molar-refractivity contribution in [3.05, 3.63) is 89.4 Å². The molecule has 5 rings (SSSR count). The second-order valence-electron chi connectivity index (χ2n) is 7.51. The molecule has 1 heterocycles. The summed E-state index contributed by atoms with van der Waals surface area (Å²) in [6.45, 7) is 4.25. The summed E-state index contributed by atoms with van der Waals surface area (Å²) in [4.78, 5) is 0. The third kappa shape index (κ3) is 2.54. The minimum atomic E-state index is -0.357.